The number of nitrogens with zero attached hydrogens (tertiary/aromatic N) is 5. The van der Waals surface area contributed by atoms with Crippen molar-refractivity contribution in [3.05, 3.63) is 264 Å². The predicted octanol–water partition coefficient (Wildman–Crippen LogP) is 31.7. The number of aromatic nitrogens is 5. The van der Waals surface area contributed by atoms with Crippen LogP contribution in [0.2, 0.25) is 0 Å². The van der Waals surface area contributed by atoms with E-state index in [0.29, 0.717) is 25.0 Å². The lowest BCUT2D eigenvalue weighted by atomic mass is 9.92. The monoisotopic (exact) mass is 1630 g/mol. The number of pyridine rings is 5. The molecule has 0 spiro atoms. The van der Waals surface area contributed by atoms with Crippen LogP contribution in [0, 0.1) is 0 Å². The van der Waals surface area contributed by atoms with Crippen molar-refractivity contribution in [1.82, 2.24) is 24.9 Å². The van der Waals surface area contributed by atoms with Gasteiger partial charge in [0.05, 0.1) is 68.7 Å². The zero-order valence-corrected chi connectivity index (χ0v) is 76.2. The number of unbranched alkanes of at least 4 members (excludes halogenated alkanes) is 21. The van der Waals surface area contributed by atoms with E-state index in [1.807, 2.05) is 91.4 Å². The number of hydrogen-bond donors (Lipinski definition) is 0. The van der Waals surface area contributed by atoms with Gasteiger partial charge in [0.2, 0.25) is 11.8 Å². The lowest BCUT2D eigenvalue weighted by molar-refractivity contribution is 0.268. The molecule has 10 heteroatoms. The summed E-state index contributed by atoms with van der Waals surface area (Å²) in [6.45, 7) is 26.1. The summed E-state index contributed by atoms with van der Waals surface area (Å²) < 4.78 is 29.0. The fourth-order valence-corrected chi connectivity index (χ4v) is 14.2. The number of benzene rings is 5. The minimum Gasteiger partial charge on any atom is -0.492 e. The van der Waals surface area contributed by atoms with Crippen molar-refractivity contribution in [2.75, 3.05) is 33.0 Å². The van der Waals surface area contributed by atoms with Crippen molar-refractivity contribution < 1.29 is 23.7 Å². The normalized spacial score (nSPS) is 11.3. The first-order chi connectivity index (χ1) is 59.2. The Morgan fingerprint density at radius 1 is 0.225 bits per heavy atom. The zero-order chi connectivity index (χ0) is 85.2. The molecule has 0 radical (unpaired) electrons. The summed E-state index contributed by atoms with van der Waals surface area (Å²) in [5, 5.41) is 0. The summed E-state index contributed by atoms with van der Waals surface area (Å²) in [7, 11) is 0. The number of rotatable bonds is 55. The molecule has 0 saturated carbocycles. The summed E-state index contributed by atoms with van der Waals surface area (Å²) in [4.78, 5) is 22.1. The molecule has 0 fully saturated rings. The van der Waals surface area contributed by atoms with Crippen molar-refractivity contribution in [3.8, 4) is 62.8 Å². The smallest absolute Gasteiger partial charge is 0.213 e. The number of ether oxygens (including phenoxy) is 5. The maximum atomic E-state index is 5.98. The standard InChI is InChI=1S/C24H35NO.C23H33NO.C22H31NO.C21H29NO.C20H27NO/c1-3-5-7-9-13-23(20-26-24-14-10-11-19-25-24)22-17-15-21(16-18-22)12-8-6-4-2;1-3-5-7-11-20-14-16-21(17-15-20)22(12-8-6-4-2)19-25-23-13-9-10-18-24-23;1-3-5-7-9-17-24-21-15-16-22(23-18-21)20-13-11-19(12-14-20)10-8-6-4-2;1-3-5-7-9-18-10-12-19(13-11-18)21-15-14-20(17-22-21)23-16-8-6-4-2;1-3-5-7-8-17-9-11-18(12-10-17)20-14-13-19(16-21-20)22-15-6-4-2/h10-11,14-19,23H,3-9,12-13,20H2,1-2H3;9-10,13-18,22H,3-8,11-12,19H2,1-2H3;11-16,18H,3-10,17H2,1-2H3;10-15,17H,3-9,16H2,1-2H3;9-14,16H,3-8,15H2,1-2H3. The van der Waals surface area contributed by atoms with Gasteiger partial charge >= 0.3 is 0 Å². The van der Waals surface area contributed by atoms with E-state index in [9.17, 15) is 0 Å². The third-order valence-corrected chi connectivity index (χ3v) is 22.0. The quantitative estimate of drug-likeness (QED) is 0.0342. The molecule has 10 nitrogen and oxygen atoms in total. The molecule has 5 aromatic carbocycles. The van der Waals surface area contributed by atoms with E-state index in [4.69, 9.17) is 23.7 Å². The van der Waals surface area contributed by atoms with E-state index in [2.05, 4.69) is 215 Å². The van der Waals surface area contributed by atoms with Crippen molar-refractivity contribution in [2.45, 2.75) is 325 Å². The van der Waals surface area contributed by atoms with Crippen molar-refractivity contribution in [2.24, 2.45) is 0 Å². The highest BCUT2D eigenvalue weighted by molar-refractivity contribution is 5.62. The summed E-state index contributed by atoms with van der Waals surface area (Å²) in [5.74, 6) is 4.92. The second-order valence-corrected chi connectivity index (χ2v) is 32.4. The van der Waals surface area contributed by atoms with Gasteiger partial charge in [-0.25, -0.2) is 9.97 Å². The Bertz CT molecular complexity index is 3960. The molecule has 0 N–H and O–H groups in total. The first-order valence-electron chi connectivity index (χ1n) is 47.5. The average Bonchev–Trinajstić information content (AvgIpc) is 0.739. The third kappa shape index (κ3) is 43.4. The van der Waals surface area contributed by atoms with E-state index in [1.54, 1.807) is 12.4 Å². The van der Waals surface area contributed by atoms with Gasteiger partial charge in [0.1, 0.15) is 17.2 Å². The van der Waals surface area contributed by atoms with Gasteiger partial charge in [-0.05, 0) is 184 Å². The van der Waals surface area contributed by atoms with E-state index >= 15 is 0 Å². The lowest BCUT2D eigenvalue weighted by Gasteiger charge is -2.18. The Hall–Kier alpha value is -9.15. The third-order valence-electron chi connectivity index (χ3n) is 22.0. The molecule has 10 rings (SSSR count). The van der Waals surface area contributed by atoms with Crippen LogP contribution in [0.15, 0.2) is 225 Å². The maximum absolute atomic E-state index is 5.98. The first kappa shape index (κ1) is 99.7. The van der Waals surface area contributed by atoms with Gasteiger partial charge < -0.3 is 23.7 Å². The molecule has 10 aromatic rings. The SMILES string of the molecule is CCCCCCC(COc1ccccn1)c1ccc(CCCCC)cc1.CCCCCCOc1ccc(-c2ccc(CCCCC)cc2)nc1.CCCCCOc1ccc(-c2ccc(CCCCC)cc2)nc1.CCCCCc1ccc(-c2ccc(OCCCC)cn2)cc1.CCCCCc1ccc(C(CCCCC)COc2ccccn2)cc1. The second kappa shape index (κ2) is 65.6. The molecule has 0 bridgehead atoms. The molecule has 0 saturated heterocycles. The van der Waals surface area contributed by atoms with E-state index in [1.165, 1.54) is 274 Å². The maximum Gasteiger partial charge on any atom is 0.213 e. The van der Waals surface area contributed by atoms with Crippen LogP contribution in [-0.4, -0.2) is 58.0 Å². The largest absolute Gasteiger partial charge is 0.492 e. The van der Waals surface area contributed by atoms with E-state index < -0.39 is 0 Å². The van der Waals surface area contributed by atoms with E-state index in [-0.39, 0.29) is 0 Å². The van der Waals surface area contributed by atoms with Gasteiger partial charge in [-0.2, -0.15) is 0 Å². The fraction of sp³-hybridized carbons (Fsp3) is 0.500. The minimum atomic E-state index is 0.443. The zero-order valence-electron chi connectivity index (χ0n) is 76.2. The van der Waals surface area contributed by atoms with Gasteiger partial charge in [0, 0.05) is 53.1 Å². The highest BCUT2D eigenvalue weighted by Crippen LogP contribution is 2.30. The van der Waals surface area contributed by atoms with Gasteiger partial charge in [-0.15, -0.1) is 0 Å². The molecular weight excluding hydrogens is 1470 g/mol. The lowest BCUT2D eigenvalue weighted by Crippen LogP contribution is -2.11. The summed E-state index contributed by atoms with van der Waals surface area (Å²) in [6.07, 6.45) is 56.3. The van der Waals surface area contributed by atoms with Crippen LogP contribution in [0.1, 0.15) is 332 Å². The minimum absolute atomic E-state index is 0.443. The first-order valence-corrected chi connectivity index (χ1v) is 47.5. The topological polar surface area (TPSA) is 111 Å². The van der Waals surface area contributed by atoms with Crippen LogP contribution in [0.5, 0.6) is 29.0 Å². The molecule has 0 aliphatic carbocycles. The fourth-order valence-electron chi connectivity index (χ4n) is 14.2. The van der Waals surface area contributed by atoms with Gasteiger partial charge in [-0.3, -0.25) is 15.0 Å². The van der Waals surface area contributed by atoms with Gasteiger partial charge in [0.25, 0.3) is 0 Å². The van der Waals surface area contributed by atoms with Gasteiger partial charge in [0.15, 0.2) is 0 Å². The van der Waals surface area contributed by atoms with Gasteiger partial charge in [-0.1, -0.05) is 350 Å². The van der Waals surface area contributed by atoms with Crippen LogP contribution in [-0.2, 0) is 32.1 Å². The molecule has 5 heterocycles. The second-order valence-electron chi connectivity index (χ2n) is 32.4. The summed E-state index contributed by atoms with van der Waals surface area (Å²) in [5.41, 5.74) is 16.5. The van der Waals surface area contributed by atoms with Crippen molar-refractivity contribution >= 4 is 0 Å². The average molecular weight is 1630 g/mol. The molecule has 2 unspecified atom stereocenters. The molecular formula is C110H155N5O5. The van der Waals surface area contributed by atoms with Crippen LogP contribution < -0.4 is 23.7 Å². The number of aryl methyl sites for hydroxylation is 5. The van der Waals surface area contributed by atoms with Crippen molar-refractivity contribution in [1.29, 1.82) is 0 Å². The Morgan fingerprint density at radius 3 is 0.783 bits per heavy atom. The summed E-state index contributed by atoms with van der Waals surface area (Å²) >= 11 is 0. The van der Waals surface area contributed by atoms with Crippen LogP contribution >= 0.6 is 0 Å². The van der Waals surface area contributed by atoms with Crippen LogP contribution in [0.25, 0.3) is 33.8 Å². The van der Waals surface area contributed by atoms with E-state index in [0.717, 1.165) is 91.6 Å². The molecule has 0 aliphatic heterocycles. The molecule has 2 atom stereocenters. The Labute approximate surface area is 729 Å². The van der Waals surface area contributed by atoms with Crippen LogP contribution in [0.4, 0.5) is 0 Å². The molecule has 120 heavy (non-hydrogen) atoms. The predicted molar refractivity (Wildman–Crippen MR) is 511 cm³/mol. The number of hydrogen-bond acceptors (Lipinski definition) is 10. The molecule has 0 aliphatic rings. The molecule has 5 aromatic heterocycles. The summed E-state index contributed by atoms with van der Waals surface area (Å²) in [6, 6.07) is 68.7. The Kier molecular flexibility index (Phi) is 54.5. The highest BCUT2D eigenvalue weighted by Gasteiger charge is 2.16. The molecule has 0 amide bonds. The Morgan fingerprint density at radius 2 is 0.492 bits per heavy atom. The van der Waals surface area contributed by atoms with Crippen LogP contribution in [0.3, 0.4) is 0 Å². The molecule has 650 valence electrons. The van der Waals surface area contributed by atoms with Crippen molar-refractivity contribution in [3.63, 3.8) is 0 Å². The highest BCUT2D eigenvalue weighted by atomic mass is 16.5. The Balaban J connectivity index is 0.000000233.